The number of halogens is 3. The molecule has 1 aromatic heterocycles. The highest BCUT2D eigenvalue weighted by atomic mass is 79.9. The summed E-state index contributed by atoms with van der Waals surface area (Å²) in [5.41, 5.74) is 1.09. The zero-order chi connectivity index (χ0) is 13.3. The van der Waals surface area contributed by atoms with Crippen LogP contribution in [0.4, 0.5) is 10.1 Å². The van der Waals surface area contributed by atoms with Crippen LogP contribution in [-0.2, 0) is 0 Å². The highest BCUT2D eigenvalue weighted by Crippen LogP contribution is 2.28. The standard InChI is InChI=1S/C12H8BrClFNOS/c1-6-4-10(18-11(6)13)12(17)16-9-3-2-7(14)5-8(9)15/h2-5H,1H3,(H,16,17). The number of anilines is 1. The summed E-state index contributed by atoms with van der Waals surface area (Å²) in [7, 11) is 0. The molecule has 0 radical (unpaired) electrons. The molecular weight excluding hydrogens is 341 g/mol. The van der Waals surface area contributed by atoms with Crippen LogP contribution >= 0.6 is 38.9 Å². The Labute approximate surface area is 121 Å². The van der Waals surface area contributed by atoms with Crippen molar-refractivity contribution in [1.82, 2.24) is 0 Å². The summed E-state index contributed by atoms with van der Waals surface area (Å²) < 4.78 is 14.4. The first-order chi connectivity index (χ1) is 8.47. The molecule has 0 saturated carbocycles. The summed E-state index contributed by atoms with van der Waals surface area (Å²) in [6.07, 6.45) is 0. The molecule has 0 atom stereocenters. The van der Waals surface area contributed by atoms with Crippen LogP contribution in [0.15, 0.2) is 28.1 Å². The Morgan fingerprint density at radius 2 is 2.17 bits per heavy atom. The van der Waals surface area contributed by atoms with Gasteiger partial charge in [-0.15, -0.1) is 11.3 Å². The number of benzene rings is 1. The number of rotatable bonds is 2. The molecule has 2 rings (SSSR count). The van der Waals surface area contributed by atoms with E-state index >= 15 is 0 Å². The van der Waals surface area contributed by atoms with E-state index < -0.39 is 5.82 Å². The summed E-state index contributed by atoms with van der Waals surface area (Å²) in [6.45, 7) is 1.89. The van der Waals surface area contributed by atoms with Crippen LogP contribution in [0.25, 0.3) is 0 Å². The van der Waals surface area contributed by atoms with E-state index in [9.17, 15) is 9.18 Å². The van der Waals surface area contributed by atoms with E-state index in [-0.39, 0.29) is 11.6 Å². The zero-order valence-electron chi connectivity index (χ0n) is 9.26. The largest absolute Gasteiger partial charge is 0.319 e. The Morgan fingerprint density at radius 3 is 2.72 bits per heavy atom. The first kappa shape index (κ1) is 13.5. The number of carbonyl (C=O) groups excluding carboxylic acids is 1. The van der Waals surface area contributed by atoms with Crippen molar-refractivity contribution in [2.75, 3.05) is 5.32 Å². The van der Waals surface area contributed by atoms with Gasteiger partial charge in [0.25, 0.3) is 5.91 Å². The van der Waals surface area contributed by atoms with Gasteiger partial charge in [0.05, 0.1) is 14.4 Å². The third kappa shape index (κ3) is 2.91. The van der Waals surface area contributed by atoms with E-state index in [4.69, 9.17) is 11.6 Å². The quantitative estimate of drug-likeness (QED) is 0.824. The Morgan fingerprint density at radius 1 is 1.44 bits per heavy atom. The van der Waals surface area contributed by atoms with E-state index in [1.165, 1.54) is 23.5 Å². The zero-order valence-corrected chi connectivity index (χ0v) is 12.4. The number of hydrogen-bond donors (Lipinski definition) is 1. The molecule has 0 fully saturated rings. The molecule has 0 aliphatic rings. The minimum Gasteiger partial charge on any atom is -0.319 e. The van der Waals surface area contributed by atoms with Crippen molar-refractivity contribution < 1.29 is 9.18 Å². The van der Waals surface area contributed by atoms with Crippen LogP contribution in [0.5, 0.6) is 0 Å². The molecule has 6 heteroatoms. The van der Waals surface area contributed by atoms with Gasteiger partial charge in [-0.25, -0.2) is 4.39 Å². The average molecular weight is 349 g/mol. The SMILES string of the molecule is Cc1cc(C(=O)Nc2ccc(Cl)cc2F)sc1Br. The predicted octanol–water partition coefficient (Wildman–Crippen LogP) is 4.86. The molecule has 0 bridgehead atoms. The fourth-order valence-electron chi connectivity index (χ4n) is 1.35. The van der Waals surface area contributed by atoms with Gasteiger partial charge in [0.2, 0.25) is 0 Å². The highest BCUT2D eigenvalue weighted by molar-refractivity contribution is 9.11. The van der Waals surface area contributed by atoms with Crippen molar-refractivity contribution in [3.63, 3.8) is 0 Å². The Bertz CT molecular complexity index is 595. The lowest BCUT2D eigenvalue weighted by Gasteiger charge is -2.04. The third-order valence-electron chi connectivity index (χ3n) is 2.26. The van der Waals surface area contributed by atoms with Crippen LogP contribution < -0.4 is 5.32 Å². The van der Waals surface area contributed by atoms with Gasteiger partial charge in [0.15, 0.2) is 0 Å². The van der Waals surface area contributed by atoms with Crippen molar-refractivity contribution in [2.45, 2.75) is 6.92 Å². The van der Waals surface area contributed by atoms with Crippen molar-refractivity contribution in [1.29, 1.82) is 0 Å². The van der Waals surface area contributed by atoms with Crippen molar-refractivity contribution >= 4 is 50.5 Å². The Kier molecular flexibility index (Phi) is 4.04. The molecule has 1 amide bonds. The maximum atomic E-state index is 13.5. The fourth-order valence-corrected chi connectivity index (χ4v) is 2.94. The molecular formula is C12H8BrClFNOS. The second-order valence-electron chi connectivity index (χ2n) is 3.65. The molecule has 0 saturated heterocycles. The van der Waals surface area contributed by atoms with Crippen LogP contribution in [-0.4, -0.2) is 5.91 Å². The van der Waals surface area contributed by atoms with Crippen LogP contribution in [0.1, 0.15) is 15.2 Å². The molecule has 0 spiro atoms. The van der Waals surface area contributed by atoms with E-state index in [1.807, 2.05) is 6.92 Å². The van der Waals surface area contributed by atoms with Gasteiger partial charge in [-0.05, 0) is 52.7 Å². The first-order valence-electron chi connectivity index (χ1n) is 4.99. The van der Waals surface area contributed by atoms with Crippen LogP contribution in [0.2, 0.25) is 5.02 Å². The number of nitrogens with one attached hydrogen (secondary N) is 1. The van der Waals surface area contributed by atoms with E-state index in [1.54, 1.807) is 6.07 Å². The molecule has 18 heavy (non-hydrogen) atoms. The lowest BCUT2D eigenvalue weighted by atomic mass is 10.3. The number of aryl methyl sites for hydroxylation is 1. The molecule has 1 heterocycles. The predicted molar refractivity (Wildman–Crippen MR) is 76.1 cm³/mol. The molecule has 0 unspecified atom stereocenters. The molecule has 2 nitrogen and oxygen atoms in total. The molecule has 2 aromatic rings. The molecule has 94 valence electrons. The number of hydrogen-bond acceptors (Lipinski definition) is 2. The molecule has 0 aliphatic heterocycles. The summed E-state index contributed by atoms with van der Waals surface area (Å²) in [5, 5.41) is 2.80. The highest BCUT2D eigenvalue weighted by Gasteiger charge is 2.13. The summed E-state index contributed by atoms with van der Waals surface area (Å²) >= 11 is 10.3. The lowest BCUT2D eigenvalue weighted by molar-refractivity contribution is 0.103. The van der Waals surface area contributed by atoms with Gasteiger partial charge < -0.3 is 5.32 Å². The van der Waals surface area contributed by atoms with E-state index in [0.29, 0.717) is 9.90 Å². The minimum absolute atomic E-state index is 0.117. The lowest BCUT2D eigenvalue weighted by Crippen LogP contribution is -2.11. The van der Waals surface area contributed by atoms with Gasteiger partial charge in [0.1, 0.15) is 5.82 Å². The molecule has 1 aromatic carbocycles. The first-order valence-corrected chi connectivity index (χ1v) is 6.98. The monoisotopic (exact) mass is 347 g/mol. The van der Waals surface area contributed by atoms with E-state index in [2.05, 4.69) is 21.2 Å². The topological polar surface area (TPSA) is 29.1 Å². The number of thiophene rings is 1. The normalized spacial score (nSPS) is 10.4. The smallest absolute Gasteiger partial charge is 0.265 e. The summed E-state index contributed by atoms with van der Waals surface area (Å²) in [4.78, 5) is 12.4. The number of carbonyl (C=O) groups is 1. The van der Waals surface area contributed by atoms with Gasteiger partial charge in [-0.3, -0.25) is 4.79 Å². The van der Waals surface area contributed by atoms with Crippen LogP contribution in [0, 0.1) is 12.7 Å². The second-order valence-corrected chi connectivity index (χ2v) is 6.45. The van der Waals surface area contributed by atoms with E-state index in [0.717, 1.165) is 15.4 Å². The fraction of sp³-hybridized carbons (Fsp3) is 0.0833. The molecule has 1 N–H and O–H groups in total. The Balaban J connectivity index is 2.21. The van der Waals surface area contributed by atoms with Crippen molar-refractivity contribution in [3.8, 4) is 0 Å². The maximum Gasteiger partial charge on any atom is 0.265 e. The van der Waals surface area contributed by atoms with Crippen molar-refractivity contribution in [3.05, 3.63) is 49.3 Å². The maximum absolute atomic E-state index is 13.5. The average Bonchev–Trinajstić information content (AvgIpc) is 2.63. The number of amides is 1. The third-order valence-corrected chi connectivity index (χ3v) is 4.63. The van der Waals surface area contributed by atoms with Gasteiger partial charge in [-0.1, -0.05) is 11.6 Å². The van der Waals surface area contributed by atoms with Gasteiger partial charge in [0, 0.05) is 5.02 Å². The Hall–Kier alpha value is -0.910. The summed E-state index contributed by atoms with van der Waals surface area (Å²) in [5.74, 6) is -0.891. The molecule has 0 aliphatic carbocycles. The summed E-state index contributed by atoms with van der Waals surface area (Å²) in [6, 6.07) is 5.87. The van der Waals surface area contributed by atoms with Crippen molar-refractivity contribution in [2.24, 2.45) is 0 Å². The minimum atomic E-state index is -0.553. The van der Waals surface area contributed by atoms with Crippen LogP contribution in [0.3, 0.4) is 0 Å². The van der Waals surface area contributed by atoms with Gasteiger partial charge in [-0.2, -0.15) is 0 Å². The second kappa shape index (κ2) is 5.38. The van der Waals surface area contributed by atoms with Gasteiger partial charge >= 0.3 is 0 Å².